The van der Waals surface area contributed by atoms with Crippen LogP contribution in [0.15, 0.2) is 0 Å². The van der Waals surface area contributed by atoms with Gasteiger partial charge in [0.25, 0.3) is 0 Å². The van der Waals surface area contributed by atoms with Gasteiger partial charge >= 0.3 is 12.0 Å². The molecule has 14 heavy (non-hydrogen) atoms. The Morgan fingerprint density at radius 3 is 2.29 bits per heavy atom. The number of hydrogen-bond donors (Lipinski definition) is 3. The number of aliphatic carboxylic acids is 1. The van der Waals surface area contributed by atoms with Crippen LogP contribution in [0.25, 0.3) is 0 Å². The van der Waals surface area contributed by atoms with Gasteiger partial charge < -0.3 is 20.4 Å². The summed E-state index contributed by atoms with van der Waals surface area (Å²) in [6.07, 6.45) is 0. The SMILES string of the molecule is CN(CC(C)(C)O)C(=O)NCC(=O)O. The molecule has 0 aromatic rings. The van der Waals surface area contributed by atoms with Crippen LogP contribution in [0.3, 0.4) is 0 Å². The van der Waals surface area contributed by atoms with Gasteiger partial charge in [0.2, 0.25) is 0 Å². The predicted molar refractivity (Wildman–Crippen MR) is 50.0 cm³/mol. The van der Waals surface area contributed by atoms with E-state index in [1.165, 1.54) is 11.9 Å². The van der Waals surface area contributed by atoms with Gasteiger partial charge in [0, 0.05) is 7.05 Å². The molecule has 0 heterocycles. The second-order valence-corrected chi connectivity index (χ2v) is 3.72. The highest BCUT2D eigenvalue weighted by Crippen LogP contribution is 2.02. The van der Waals surface area contributed by atoms with E-state index in [-0.39, 0.29) is 6.54 Å². The monoisotopic (exact) mass is 204 g/mol. The van der Waals surface area contributed by atoms with Crippen LogP contribution in [0.5, 0.6) is 0 Å². The molecule has 0 aromatic heterocycles. The van der Waals surface area contributed by atoms with Crippen LogP contribution in [0.2, 0.25) is 0 Å². The number of rotatable bonds is 4. The summed E-state index contributed by atoms with van der Waals surface area (Å²) < 4.78 is 0. The molecule has 82 valence electrons. The summed E-state index contributed by atoms with van der Waals surface area (Å²) >= 11 is 0. The van der Waals surface area contributed by atoms with Gasteiger partial charge in [-0.15, -0.1) is 0 Å². The van der Waals surface area contributed by atoms with E-state index in [1.807, 2.05) is 0 Å². The Labute approximate surface area is 82.5 Å². The Kier molecular flexibility index (Phi) is 4.36. The molecule has 0 aliphatic heterocycles. The second-order valence-electron chi connectivity index (χ2n) is 3.72. The van der Waals surface area contributed by atoms with Crippen molar-refractivity contribution in [1.82, 2.24) is 10.2 Å². The van der Waals surface area contributed by atoms with Gasteiger partial charge in [0.05, 0.1) is 12.1 Å². The maximum Gasteiger partial charge on any atom is 0.323 e. The lowest BCUT2D eigenvalue weighted by Crippen LogP contribution is -2.45. The number of amides is 2. The third-order valence-electron chi connectivity index (χ3n) is 1.36. The maximum absolute atomic E-state index is 11.2. The highest BCUT2D eigenvalue weighted by atomic mass is 16.4. The summed E-state index contributed by atoms with van der Waals surface area (Å²) in [5.41, 5.74) is -0.991. The van der Waals surface area contributed by atoms with Crippen LogP contribution in [-0.2, 0) is 4.79 Å². The first kappa shape index (κ1) is 12.7. The third-order valence-corrected chi connectivity index (χ3v) is 1.36. The molecule has 0 unspecified atom stereocenters. The molecule has 0 bridgehead atoms. The number of likely N-dealkylation sites (N-methyl/N-ethyl adjacent to an activating group) is 1. The van der Waals surface area contributed by atoms with Crippen molar-refractivity contribution < 1.29 is 19.8 Å². The van der Waals surface area contributed by atoms with Crippen LogP contribution < -0.4 is 5.32 Å². The first-order valence-electron chi connectivity index (χ1n) is 4.15. The zero-order chi connectivity index (χ0) is 11.4. The van der Waals surface area contributed by atoms with Crippen LogP contribution in [0, 0.1) is 0 Å². The maximum atomic E-state index is 11.2. The van der Waals surface area contributed by atoms with Crippen LogP contribution in [0.4, 0.5) is 4.79 Å². The van der Waals surface area contributed by atoms with Gasteiger partial charge in [-0.2, -0.15) is 0 Å². The number of carboxylic acids is 1. The molecule has 0 fully saturated rings. The van der Waals surface area contributed by atoms with E-state index >= 15 is 0 Å². The molecule has 0 aliphatic rings. The fourth-order valence-electron chi connectivity index (χ4n) is 0.938. The van der Waals surface area contributed by atoms with Crippen molar-refractivity contribution >= 4 is 12.0 Å². The lowest BCUT2D eigenvalue weighted by atomic mass is 10.1. The van der Waals surface area contributed by atoms with Gasteiger partial charge in [0.15, 0.2) is 0 Å². The quantitative estimate of drug-likeness (QED) is 0.575. The third kappa shape index (κ3) is 6.24. The minimum Gasteiger partial charge on any atom is -0.480 e. The van der Waals surface area contributed by atoms with E-state index in [0.29, 0.717) is 0 Å². The Morgan fingerprint density at radius 1 is 1.43 bits per heavy atom. The molecule has 0 rings (SSSR count). The molecule has 0 spiro atoms. The molecule has 2 amide bonds. The minimum absolute atomic E-state index is 0.137. The fraction of sp³-hybridized carbons (Fsp3) is 0.750. The normalized spacial score (nSPS) is 10.9. The van der Waals surface area contributed by atoms with Crippen LogP contribution in [0.1, 0.15) is 13.8 Å². The number of carbonyl (C=O) groups excluding carboxylic acids is 1. The van der Waals surface area contributed by atoms with Crippen molar-refractivity contribution in [2.24, 2.45) is 0 Å². The molecule has 3 N–H and O–H groups in total. The summed E-state index contributed by atoms with van der Waals surface area (Å²) in [5.74, 6) is -1.10. The largest absolute Gasteiger partial charge is 0.480 e. The average Bonchev–Trinajstić information content (AvgIpc) is 1.96. The van der Waals surface area contributed by atoms with Crippen molar-refractivity contribution in [2.45, 2.75) is 19.4 Å². The topological polar surface area (TPSA) is 89.9 Å². The Bertz CT molecular complexity index is 222. The number of carbonyl (C=O) groups is 2. The van der Waals surface area contributed by atoms with E-state index in [1.54, 1.807) is 13.8 Å². The van der Waals surface area contributed by atoms with Crippen molar-refractivity contribution in [3.63, 3.8) is 0 Å². The molecule has 0 saturated carbocycles. The molecule has 0 aromatic carbocycles. The van der Waals surface area contributed by atoms with Gasteiger partial charge in [-0.3, -0.25) is 4.79 Å². The zero-order valence-electron chi connectivity index (χ0n) is 8.57. The lowest BCUT2D eigenvalue weighted by Gasteiger charge is -2.25. The minimum atomic E-state index is -1.10. The van der Waals surface area contributed by atoms with E-state index in [0.717, 1.165) is 0 Å². The zero-order valence-corrected chi connectivity index (χ0v) is 8.57. The van der Waals surface area contributed by atoms with Crippen molar-refractivity contribution in [3.8, 4) is 0 Å². The summed E-state index contributed by atoms with van der Waals surface area (Å²) in [4.78, 5) is 22.5. The summed E-state index contributed by atoms with van der Waals surface area (Å²) in [5, 5.41) is 19.9. The Morgan fingerprint density at radius 2 is 1.93 bits per heavy atom. The Hall–Kier alpha value is -1.30. The van der Waals surface area contributed by atoms with Gasteiger partial charge in [0.1, 0.15) is 6.54 Å². The van der Waals surface area contributed by atoms with Gasteiger partial charge in [-0.05, 0) is 13.8 Å². The number of hydrogen-bond acceptors (Lipinski definition) is 3. The van der Waals surface area contributed by atoms with E-state index in [2.05, 4.69) is 5.32 Å². The highest BCUT2D eigenvalue weighted by Gasteiger charge is 2.19. The molecule has 6 nitrogen and oxygen atoms in total. The smallest absolute Gasteiger partial charge is 0.323 e. The standard InChI is InChI=1S/C8H16N2O4/c1-8(2,14)5-10(3)7(13)9-4-6(11)12/h14H,4-5H2,1-3H3,(H,9,13)(H,11,12). The molecular formula is C8H16N2O4. The lowest BCUT2D eigenvalue weighted by molar-refractivity contribution is -0.135. The number of urea groups is 1. The van der Waals surface area contributed by atoms with Crippen molar-refractivity contribution in [2.75, 3.05) is 20.1 Å². The molecule has 0 saturated heterocycles. The van der Waals surface area contributed by atoms with E-state index < -0.39 is 24.1 Å². The predicted octanol–water partition coefficient (Wildman–Crippen LogP) is -0.517. The van der Waals surface area contributed by atoms with Crippen molar-refractivity contribution in [3.05, 3.63) is 0 Å². The first-order valence-corrected chi connectivity index (χ1v) is 4.15. The number of nitrogens with zero attached hydrogens (tertiary/aromatic N) is 1. The van der Waals surface area contributed by atoms with Gasteiger partial charge in [-0.25, -0.2) is 4.79 Å². The summed E-state index contributed by atoms with van der Waals surface area (Å²) in [7, 11) is 1.48. The number of nitrogens with one attached hydrogen (secondary N) is 1. The summed E-state index contributed by atoms with van der Waals surface area (Å²) in [6.45, 7) is 2.84. The van der Waals surface area contributed by atoms with Crippen molar-refractivity contribution in [1.29, 1.82) is 0 Å². The van der Waals surface area contributed by atoms with E-state index in [9.17, 15) is 14.7 Å². The van der Waals surface area contributed by atoms with Crippen LogP contribution in [-0.4, -0.2) is 52.9 Å². The molecule has 6 heteroatoms. The van der Waals surface area contributed by atoms with Gasteiger partial charge in [-0.1, -0.05) is 0 Å². The molecule has 0 aliphatic carbocycles. The Balaban J connectivity index is 3.94. The molecular weight excluding hydrogens is 188 g/mol. The first-order chi connectivity index (χ1) is 6.22. The summed E-state index contributed by atoms with van der Waals surface area (Å²) in [6, 6.07) is -0.519. The van der Waals surface area contributed by atoms with Crippen LogP contribution >= 0.6 is 0 Å². The number of aliphatic hydroxyl groups is 1. The fourth-order valence-corrected chi connectivity index (χ4v) is 0.938. The molecule has 0 radical (unpaired) electrons. The highest BCUT2D eigenvalue weighted by molar-refractivity contribution is 5.79. The average molecular weight is 204 g/mol. The molecule has 0 atom stereocenters. The van der Waals surface area contributed by atoms with E-state index in [4.69, 9.17) is 5.11 Å². The number of carboxylic acid groups (broad SMARTS) is 1. The second kappa shape index (κ2) is 4.80.